The predicted octanol–water partition coefficient (Wildman–Crippen LogP) is 4.28. The Bertz CT molecular complexity index is 631. The molecule has 1 fully saturated rings. The number of nitrogens with zero attached hydrogens (tertiary/aromatic N) is 1. The fourth-order valence-corrected chi connectivity index (χ4v) is 2.92. The first-order valence-corrected chi connectivity index (χ1v) is 8.39. The van der Waals surface area contributed by atoms with Gasteiger partial charge in [-0.05, 0) is 36.6 Å². The summed E-state index contributed by atoms with van der Waals surface area (Å²) in [7, 11) is 0. The van der Waals surface area contributed by atoms with Crippen LogP contribution in [-0.4, -0.2) is 23.9 Å². The van der Waals surface area contributed by atoms with Gasteiger partial charge in [-0.15, -0.1) is 0 Å². The van der Waals surface area contributed by atoms with Crippen LogP contribution in [-0.2, 0) is 6.61 Å². The summed E-state index contributed by atoms with van der Waals surface area (Å²) in [6.45, 7) is 2.25. The van der Waals surface area contributed by atoms with E-state index in [1.165, 1.54) is 12.8 Å². The highest BCUT2D eigenvalue weighted by atomic mass is 16.5. The number of ether oxygens (including phenoxy) is 1. The van der Waals surface area contributed by atoms with Gasteiger partial charge in [0.25, 0.3) is 5.91 Å². The molecule has 0 spiro atoms. The van der Waals surface area contributed by atoms with Crippen LogP contribution in [0.4, 0.5) is 0 Å². The number of rotatable bonds is 4. The molecule has 0 aliphatic carbocycles. The number of benzene rings is 2. The third-order valence-corrected chi connectivity index (χ3v) is 4.22. The number of amides is 1. The Balaban J connectivity index is 1.65. The van der Waals surface area contributed by atoms with Crippen LogP contribution < -0.4 is 4.74 Å². The van der Waals surface area contributed by atoms with E-state index in [0.29, 0.717) is 6.61 Å². The maximum atomic E-state index is 12.6. The molecule has 1 aliphatic heterocycles. The summed E-state index contributed by atoms with van der Waals surface area (Å²) in [5, 5.41) is 0. The molecular formula is C20H23NO2. The van der Waals surface area contributed by atoms with Crippen molar-refractivity contribution in [3.05, 3.63) is 65.7 Å². The summed E-state index contributed by atoms with van der Waals surface area (Å²) in [5.74, 6) is 0.867. The van der Waals surface area contributed by atoms with Gasteiger partial charge >= 0.3 is 0 Å². The van der Waals surface area contributed by atoms with Crippen molar-refractivity contribution in [1.82, 2.24) is 4.90 Å². The van der Waals surface area contributed by atoms with Crippen molar-refractivity contribution in [1.29, 1.82) is 0 Å². The first-order chi connectivity index (χ1) is 11.3. The second-order valence-corrected chi connectivity index (χ2v) is 6.01. The number of carbonyl (C=O) groups excluding carboxylic acids is 1. The van der Waals surface area contributed by atoms with Crippen molar-refractivity contribution in [3.8, 4) is 5.75 Å². The van der Waals surface area contributed by atoms with E-state index in [-0.39, 0.29) is 5.91 Å². The molecular weight excluding hydrogens is 286 g/mol. The number of hydrogen-bond acceptors (Lipinski definition) is 2. The normalized spacial score (nSPS) is 15.0. The van der Waals surface area contributed by atoms with E-state index in [9.17, 15) is 4.79 Å². The minimum absolute atomic E-state index is 0.122. The molecule has 3 nitrogen and oxygen atoms in total. The fourth-order valence-electron chi connectivity index (χ4n) is 2.92. The molecule has 3 rings (SSSR count). The lowest BCUT2D eigenvalue weighted by molar-refractivity contribution is 0.0761. The van der Waals surface area contributed by atoms with Gasteiger partial charge in [-0.25, -0.2) is 0 Å². The van der Waals surface area contributed by atoms with Gasteiger partial charge in [0.15, 0.2) is 0 Å². The Kier molecular flexibility index (Phi) is 5.30. The molecule has 0 aromatic heterocycles. The maximum absolute atomic E-state index is 12.6. The number of carbonyl (C=O) groups is 1. The zero-order chi connectivity index (χ0) is 15.9. The van der Waals surface area contributed by atoms with Crippen molar-refractivity contribution < 1.29 is 9.53 Å². The Morgan fingerprint density at radius 1 is 0.913 bits per heavy atom. The third-order valence-electron chi connectivity index (χ3n) is 4.22. The minimum Gasteiger partial charge on any atom is -0.489 e. The van der Waals surface area contributed by atoms with Gasteiger partial charge in [0.2, 0.25) is 0 Å². The second-order valence-electron chi connectivity index (χ2n) is 6.01. The second kappa shape index (κ2) is 7.82. The van der Waals surface area contributed by atoms with Crippen LogP contribution in [0.5, 0.6) is 5.75 Å². The summed E-state index contributed by atoms with van der Waals surface area (Å²) in [5.41, 5.74) is 1.84. The predicted molar refractivity (Wildman–Crippen MR) is 91.6 cm³/mol. The fraction of sp³-hybridized carbons (Fsp3) is 0.350. The van der Waals surface area contributed by atoms with Gasteiger partial charge in [0.05, 0.1) is 0 Å². The highest BCUT2D eigenvalue weighted by Crippen LogP contribution is 2.18. The van der Waals surface area contributed by atoms with Gasteiger partial charge in [0, 0.05) is 18.7 Å². The van der Waals surface area contributed by atoms with Crippen molar-refractivity contribution in [2.45, 2.75) is 32.3 Å². The molecule has 0 saturated carbocycles. The molecule has 3 heteroatoms. The van der Waals surface area contributed by atoms with Gasteiger partial charge < -0.3 is 9.64 Å². The average Bonchev–Trinajstić information content (AvgIpc) is 2.90. The highest BCUT2D eigenvalue weighted by molar-refractivity contribution is 5.94. The monoisotopic (exact) mass is 309 g/mol. The van der Waals surface area contributed by atoms with E-state index in [2.05, 4.69) is 0 Å². The summed E-state index contributed by atoms with van der Waals surface area (Å²) in [6, 6.07) is 17.6. The molecule has 2 aromatic carbocycles. The maximum Gasteiger partial charge on any atom is 0.253 e. The zero-order valence-corrected chi connectivity index (χ0v) is 13.4. The Morgan fingerprint density at radius 2 is 1.65 bits per heavy atom. The van der Waals surface area contributed by atoms with Crippen molar-refractivity contribution in [2.24, 2.45) is 0 Å². The summed E-state index contributed by atoms with van der Waals surface area (Å²) >= 11 is 0. The SMILES string of the molecule is O=C(c1cccc(OCc2ccccc2)c1)N1CCCCCC1. The molecule has 1 saturated heterocycles. The molecule has 0 atom stereocenters. The number of likely N-dealkylation sites (tertiary alicyclic amines) is 1. The van der Waals surface area contributed by atoms with Crippen molar-refractivity contribution in [2.75, 3.05) is 13.1 Å². The number of hydrogen-bond donors (Lipinski definition) is 0. The van der Waals surface area contributed by atoms with Crippen LogP contribution in [0.3, 0.4) is 0 Å². The molecule has 120 valence electrons. The molecule has 0 radical (unpaired) electrons. The van der Waals surface area contributed by atoms with Crippen molar-refractivity contribution in [3.63, 3.8) is 0 Å². The molecule has 1 heterocycles. The standard InChI is InChI=1S/C20H23NO2/c22-20(21-13-6-1-2-7-14-21)18-11-8-12-19(15-18)23-16-17-9-4-3-5-10-17/h3-5,8-12,15H,1-2,6-7,13-14,16H2. The molecule has 23 heavy (non-hydrogen) atoms. The Hall–Kier alpha value is -2.29. The van der Waals surface area contributed by atoms with E-state index >= 15 is 0 Å². The van der Waals surface area contributed by atoms with Gasteiger partial charge in [-0.2, -0.15) is 0 Å². The van der Waals surface area contributed by atoms with Crippen LogP contribution in [0.1, 0.15) is 41.6 Å². The summed E-state index contributed by atoms with van der Waals surface area (Å²) < 4.78 is 5.82. The first-order valence-electron chi connectivity index (χ1n) is 8.39. The quantitative estimate of drug-likeness (QED) is 0.843. The van der Waals surface area contributed by atoms with Crippen LogP contribution >= 0.6 is 0 Å². The third kappa shape index (κ3) is 4.35. The Morgan fingerprint density at radius 3 is 2.39 bits per heavy atom. The first kappa shape index (κ1) is 15.6. The lowest BCUT2D eigenvalue weighted by Gasteiger charge is -2.20. The minimum atomic E-state index is 0.122. The van der Waals surface area contributed by atoms with Crippen LogP contribution in [0, 0.1) is 0 Å². The van der Waals surface area contributed by atoms with Crippen LogP contribution in [0.25, 0.3) is 0 Å². The Labute approximate surface area is 137 Å². The van der Waals surface area contributed by atoms with E-state index < -0.39 is 0 Å². The van der Waals surface area contributed by atoms with Crippen LogP contribution in [0.15, 0.2) is 54.6 Å². The summed E-state index contributed by atoms with van der Waals surface area (Å²) in [4.78, 5) is 14.6. The average molecular weight is 309 g/mol. The van der Waals surface area contributed by atoms with Crippen LogP contribution in [0.2, 0.25) is 0 Å². The van der Waals surface area contributed by atoms with Crippen molar-refractivity contribution >= 4 is 5.91 Å². The molecule has 0 N–H and O–H groups in total. The molecule has 0 bridgehead atoms. The summed E-state index contributed by atoms with van der Waals surface area (Å²) in [6.07, 6.45) is 4.67. The zero-order valence-electron chi connectivity index (χ0n) is 13.4. The van der Waals surface area contributed by atoms with E-state index in [1.54, 1.807) is 0 Å². The smallest absolute Gasteiger partial charge is 0.253 e. The molecule has 1 amide bonds. The van der Waals surface area contributed by atoms with E-state index in [0.717, 1.165) is 42.8 Å². The lowest BCUT2D eigenvalue weighted by Crippen LogP contribution is -2.31. The molecule has 2 aromatic rings. The van der Waals surface area contributed by atoms with Gasteiger partial charge in [-0.1, -0.05) is 49.2 Å². The molecule has 1 aliphatic rings. The largest absolute Gasteiger partial charge is 0.489 e. The highest BCUT2D eigenvalue weighted by Gasteiger charge is 2.17. The van der Waals surface area contributed by atoms with E-state index in [4.69, 9.17) is 4.74 Å². The topological polar surface area (TPSA) is 29.5 Å². The van der Waals surface area contributed by atoms with Gasteiger partial charge in [0.1, 0.15) is 12.4 Å². The lowest BCUT2D eigenvalue weighted by atomic mass is 10.2. The van der Waals surface area contributed by atoms with E-state index in [1.807, 2.05) is 59.5 Å². The molecule has 0 unspecified atom stereocenters. The van der Waals surface area contributed by atoms with Gasteiger partial charge in [-0.3, -0.25) is 4.79 Å².